The van der Waals surface area contributed by atoms with Crippen molar-refractivity contribution in [1.82, 2.24) is 4.90 Å². The third kappa shape index (κ3) is 3.82. The highest BCUT2D eigenvalue weighted by Gasteiger charge is 2.41. The Hall–Kier alpha value is -2.21. The SMILES string of the molecule is CC(=O)C1=C(O)C(=O)N(CCCOC(C)C)C1c1ccc(F)cc1. The molecule has 0 bridgehead atoms. The summed E-state index contributed by atoms with van der Waals surface area (Å²) in [5, 5.41) is 10.1. The van der Waals surface area contributed by atoms with Gasteiger partial charge in [0.1, 0.15) is 5.82 Å². The fraction of sp³-hybridized carbons (Fsp3) is 0.444. The van der Waals surface area contributed by atoms with E-state index in [1.807, 2.05) is 13.8 Å². The number of rotatable bonds is 7. The van der Waals surface area contributed by atoms with Gasteiger partial charge in [-0.05, 0) is 44.9 Å². The summed E-state index contributed by atoms with van der Waals surface area (Å²) < 4.78 is 18.6. The third-order valence-electron chi connectivity index (χ3n) is 3.86. The van der Waals surface area contributed by atoms with E-state index in [-0.39, 0.29) is 17.5 Å². The molecule has 1 heterocycles. The molecule has 1 N–H and O–H groups in total. The summed E-state index contributed by atoms with van der Waals surface area (Å²) >= 11 is 0. The molecule has 1 aliphatic rings. The highest BCUT2D eigenvalue weighted by Crippen LogP contribution is 2.37. The minimum atomic E-state index is -0.699. The molecule has 1 aromatic rings. The van der Waals surface area contributed by atoms with Gasteiger partial charge < -0.3 is 14.7 Å². The number of halogens is 1. The summed E-state index contributed by atoms with van der Waals surface area (Å²) in [5.41, 5.74) is 0.639. The number of benzene rings is 1. The van der Waals surface area contributed by atoms with Crippen molar-refractivity contribution in [2.24, 2.45) is 0 Å². The molecule has 1 amide bonds. The van der Waals surface area contributed by atoms with E-state index < -0.39 is 23.5 Å². The summed E-state index contributed by atoms with van der Waals surface area (Å²) in [5.74, 6) is -1.89. The number of Topliss-reactive ketones (excluding diaryl/α,β-unsaturated/α-hetero) is 1. The second-order valence-electron chi connectivity index (χ2n) is 6.04. The van der Waals surface area contributed by atoms with Crippen LogP contribution < -0.4 is 0 Å². The Morgan fingerprint density at radius 2 is 1.96 bits per heavy atom. The largest absolute Gasteiger partial charge is 0.503 e. The molecule has 1 aromatic carbocycles. The number of ketones is 1. The van der Waals surface area contributed by atoms with E-state index in [4.69, 9.17) is 4.74 Å². The Kier molecular flexibility index (Phi) is 5.72. The molecular formula is C18H22FNO4. The zero-order chi connectivity index (χ0) is 17.9. The quantitative estimate of drug-likeness (QED) is 0.778. The van der Waals surface area contributed by atoms with Gasteiger partial charge in [-0.25, -0.2) is 4.39 Å². The van der Waals surface area contributed by atoms with Crippen molar-refractivity contribution in [3.8, 4) is 0 Å². The fourth-order valence-corrected chi connectivity index (χ4v) is 2.79. The van der Waals surface area contributed by atoms with Crippen molar-refractivity contribution in [2.45, 2.75) is 39.3 Å². The Labute approximate surface area is 140 Å². The number of carbonyl (C=O) groups excluding carboxylic acids is 2. The molecule has 0 spiro atoms. The number of amides is 1. The summed E-state index contributed by atoms with van der Waals surface area (Å²) in [6.07, 6.45) is 0.659. The van der Waals surface area contributed by atoms with Crippen molar-refractivity contribution in [3.05, 3.63) is 47.0 Å². The van der Waals surface area contributed by atoms with Crippen molar-refractivity contribution in [2.75, 3.05) is 13.2 Å². The molecule has 2 rings (SSSR count). The minimum Gasteiger partial charge on any atom is -0.503 e. The van der Waals surface area contributed by atoms with Gasteiger partial charge in [0.25, 0.3) is 5.91 Å². The lowest BCUT2D eigenvalue weighted by atomic mass is 9.96. The molecule has 0 aliphatic carbocycles. The maximum atomic E-state index is 13.2. The Morgan fingerprint density at radius 3 is 2.50 bits per heavy atom. The topological polar surface area (TPSA) is 66.8 Å². The average Bonchev–Trinajstić information content (AvgIpc) is 2.76. The summed E-state index contributed by atoms with van der Waals surface area (Å²) in [6.45, 7) is 5.94. The molecule has 5 nitrogen and oxygen atoms in total. The fourth-order valence-electron chi connectivity index (χ4n) is 2.79. The van der Waals surface area contributed by atoms with Gasteiger partial charge in [-0.15, -0.1) is 0 Å². The van der Waals surface area contributed by atoms with Crippen molar-refractivity contribution >= 4 is 11.7 Å². The van der Waals surface area contributed by atoms with Crippen LogP contribution in [0, 0.1) is 5.82 Å². The van der Waals surface area contributed by atoms with Gasteiger partial charge in [0.15, 0.2) is 11.5 Å². The zero-order valence-corrected chi connectivity index (χ0v) is 14.1. The maximum absolute atomic E-state index is 13.2. The van der Waals surface area contributed by atoms with Gasteiger partial charge in [0.2, 0.25) is 0 Å². The lowest BCUT2D eigenvalue weighted by Crippen LogP contribution is -2.32. The molecule has 0 radical (unpaired) electrons. The maximum Gasteiger partial charge on any atom is 0.290 e. The first-order valence-electron chi connectivity index (χ1n) is 7.95. The first-order chi connectivity index (χ1) is 11.3. The average molecular weight is 335 g/mol. The lowest BCUT2D eigenvalue weighted by Gasteiger charge is -2.26. The van der Waals surface area contributed by atoms with Crippen LogP contribution in [0.1, 0.15) is 38.8 Å². The predicted molar refractivity (Wildman–Crippen MR) is 86.9 cm³/mol. The summed E-state index contributed by atoms with van der Waals surface area (Å²) in [7, 11) is 0. The van der Waals surface area contributed by atoms with Crippen LogP contribution in [0.25, 0.3) is 0 Å². The van der Waals surface area contributed by atoms with Crippen molar-refractivity contribution in [3.63, 3.8) is 0 Å². The van der Waals surface area contributed by atoms with E-state index in [2.05, 4.69) is 0 Å². The molecular weight excluding hydrogens is 313 g/mol. The number of ether oxygens (including phenoxy) is 1. The highest BCUT2D eigenvalue weighted by atomic mass is 19.1. The predicted octanol–water partition coefficient (Wildman–Crippen LogP) is 2.93. The van der Waals surface area contributed by atoms with Crippen molar-refractivity contribution in [1.29, 1.82) is 0 Å². The van der Waals surface area contributed by atoms with Crippen LogP contribution in [-0.4, -0.2) is 41.0 Å². The van der Waals surface area contributed by atoms with Crippen LogP contribution in [0.5, 0.6) is 0 Å². The van der Waals surface area contributed by atoms with Gasteiger partial charge in [-0.3, -0.25) is 9.59 Å². The monoisotopic (exact) mass is 335 g/mol. The number of hydrogen-bond acceptors (Lipinski definition) is 4. The van der Waals surface area contributed by atoms with E-state index in [9.17, 15) is 19.1 Å². The molecule has 1 atom stereocenters. The second-order valence-corrected chi connectivity index (χ2v) is 6.04. The van der Waals surface area contributed by atoms with Crippen LogP contribution in [-0.2, 0) is 14.3 Å². The lowest BCUT2D eigenvalue weighted by molar-refractivity contribution is -0.129. The molecule has 0 saturated carbocycles. The van der Waals surface area contributed by atoms with E-state index in [1.54, 1.807) is 0 Å². The molecule has 6 heteroatoms. The second kappa shape index (κ2) is 7.57. The number of aliphatic hydroxyl groups excluding tert-OH is 1. The number of hydrogen-bond donors (Lipinski definition) is 1. The molecule has 1 aliphatic heterocycles. The molecule has 24 heavy (non-hydrogen) atoms. The highest BCUT2D eigenvalue weighted by molar-refractivity contribution is 6.08. The zero-order valence-electron chi connectivity index (χ0n) is 14.1. The molecule has 0 fully saturated rings. The molecule has 1 unspecified atom stereocenters. The first kappa shape index (κ1) is 18.1. The molecule has 0 aromatic heterocycles. The Balaban J connectivity index is 2.26. The number of carbonyl (C=O) groups is 2. The first-order valence-corrected chi connectivity index (χ1v) is 7.95. The number of aliphatic hydroxyl groups is 1. The molecule has 130 valence electrons. The van der Waals surface area contributed by atoms with Gasteiger partial charge >= 0.3 is 0 Å². The van der Waals surface area contributed by atoms with Crippen LogP contribution in [0.4, 0.5) is 4.39 Å². The van der Waals surface area contributed by atoms with E-state index in [0.717, 1.165) is 0 Å². The summed E-state index contributed by atoms with van der Waals surface area (Å²) in [6, 6.07) is 4.88. The number of nitrogens with zero attached hydrogens (tertiary/aromatic N) is 1. The van der Waals surface area contributed by atoms with Crippen LogP contribution in [0.3, 0.4) is 0 Å². The van der Waals surface area contributed by atoms with Crippen LogP contribution in [0.15, 0.2) is 35.6 Å². The van der Waals surface area contributed by atoms with Gasteiger partial charge in [-0.2, -0.15) is 0 Å². The van der Waals surface area contributed by atoms with Gasteiger partial charge in [0, 0.05) is 13.2 Å². The molecule has 0 saturated heterocycles. The standard InChI is InChI=1S/C18H22FNO4/c1-11(2)24-10-4-9-20-16(13-5-7-14(19)8-6-13)15(12(3)21)17(22)18(20)23/h5-8,11,16,22H,4,9-10H2,1-3H3. The third-order valence-corrected chi connectivity index (χ3v) is 3.86. The normalized spacial score (nSPS) is 18.0. The van der Waals surface area contributed by atoms with Crippen molar-refractivity contribution < 1.29 is 23.8 Å². The minimum absolute atomic E-state index is 0.0522. The Bertz CT molecular complexity index is 651. The van der Waals surface area contributed by atoms with E-state index in [0.29, 0.717) is 25.1 Å². The van der Waals surface area contributed by atoms with Crippen LogP contribution >= 0.6 is 0 Å². The van der Waals surface area contributed by atoms with Crippen LogP contribution in [0.2, 0.25) is 0 Å². The summed E-state index contributed by atoms with van der Waals surface area (Å²) in [4.78, 5) is 25.7. The van der Waals surface area contributed by atoms with Gasteiger partial charge in [0.05, 0.1) is 17.7 Å². The van der Waals surface area contributed by atoms with Gasteiger partial charge in [-0.1, -0.05) is 12.1 Å². The van der Waals surface area contributed by atoms with E-state index >= 15 is 0 Å². The Morgan fingerprint density at radius 1 is 1.33 bits per heavy atom. The smallest absolute Gasteiger partial charge is 0.290 e. The van der Waals surface area contributed by atoms with E-state index in [1.165, 1.54) is 36.1 Å².